The first-order valence-electron chi connectivity index (χ1n) is 7.61. The lowest BCUT2D eigenvalue weighted by Gasteiger charge is -2.17. The van der Waals surface area contributed by atoms with Crippen molar-refractivity contribution in [2.45, 2.75) is 26.2 Å². The molecule has 0 amide bonds. The molecule has 0 radical (unpaired) electrons. The van der Waals surface area contributed by atoms with Gasteiger partial charge in [-0.25, -0.2) is 0 Å². The van der Waals surface area contributed by atoms with E-state index in [9.17, 15) is 0 Å². The van der Waals surface area contributed by atoms with Gasteiger partial charge < -0.3 is 5.32 Å². The number of hydrogen-bond donors (Lipinski definition) is 1. The summed E-state index contributed by atoms with van der Waals surface area (Å²) in [5, 5.41) is 8.83. The van der Waals surface area contributed by atoms with Gasteiger partial charge in [0.05, 0.1) is 5.69 Å². The summed E-state index contributed by atoms with van der Waals surface area (Å²) in [4.78, 5) is 0. The van der Waals surface area contributed by atoms with Crippen LogP contribution in [0, 0.1) is 5.92 Å². The van der Waals surface area contributed by atoms with Crippen LogP contribution in [0.1, 0.15) is 24.6 Å². The van der Waals surface area contributed by atoms with E-state index in [1.54, 1.807) is 0 Å². The Morgan fingerprint density at radius 1 is 1.19 bits per heavy atom. The van der Waals surface area contributed by atoms with Crippen LogP contribution in [-0.2, 0) is 19.9 Å². The van der Waals surface area contributed by atoms with E-state index in [1.807, 2.05) is 30.1 Å². The van der Waals surface area contributed by atoms with Gasteiger partial charge in [-0.1, -0.05) is 30.7 Å². The molecule has 3 nitrogen and oxygen atoms in total. The summed E-state index contributed by atoms with van der Waals surface area (Å²) < 4.78 is 1.87. The van der Waals surface area contributed by atoms with Crippen LogP contribution in [-0.4, -0.2) is 22.9 Å². The molecule has 4 heteroatoms. The molecule has 0 bridgehead atoms. The Morgan fingerprint density at radius 3 is 2.57 bits per heavy atom. The molecule has 1 aromatic carbocycles. The zero-order valence-corrected chi connectivity index (χ0v) is 13.6. The predicted molar refractivity (Wildman–Crippen MR) is 88.7 cm³/mol. The molecule has 0 fully saturated rings. The van der Waals surface area contributed by atoms with E-state index in [0.29, 0.717) is 5.92 Å². The maximum Gasteiger partial charge on any atom is 0.0627 e. The Kier molecular flexibility index (Phi) is 6.27. The molecule has 0 saturated carbocycles. The lowest BCUT2D eigenvalue weighted by Crippen LogP contribution is -2.26. The topological polar surface area (TPSA) is 29.9 Å². The molecule has 0 saturated heterocycles. The van der Waals surface area contributed by atoms with Crippen molar-refractivity contribution in [3.63, 3.8) is 0 Å². The second kappa shape index (κ2) is 8.20. The first-order valence-corrected chi connectivity index (χ1v) is 7.99. The predicted octanol–water partition coefficient (Wildman–Crippen LogP) is 3.47. The van der Waals surface area contributed by atoms with Crippen LogP contribution in [0.4, 0.5) is 0 Å². The average molecular weight is 306 g/mol. The van der Waals surface area contributed by atoms with Gasteiger partial charge in [-0.3, -0.25) is 4.68 Å². The lowest BCUT2D eigenvalue weighted by atomic mass is 9.94. The molecule has 1 atom stereocenters. The smallest absolute Gasteiger partial charge is 0.0627 e. The van der Waals surface area contributed by atoms with Crippen molar-refractivity contribution in [3.8, 4) is 0 Å². The fraction of sp³-hybridized carbons (Fsp3) is 0.471. The van der Waals surface area contributed by atoms with Crippen LogP contribution in [0.2, 0.25) is 5.02 Å². The van der Waals surface area contributed by atoms with Crippen molar-refractivity contribution < 1.29 is 0 Å². The van der Waals surface area contributed by atoms with Gasteiger partial charge in [-0.2, -0.15) is 5.10 Å². The second-order valence-electron chi connectivity index (χ2n) is 5.59. The highest BCUT2D eigenvalue weighted by Gasteiger charge is 2.12. The van der Waals surface area contributed by atoms with Crippen LogP contribution in [0.15, 0.2) is 36.5 Å². The van der Waals surface area contributed by atoms with Gasteiger partial charge >= 0.3 is 0 Å². The Morgan fingerprint density at radius 2 is 1.95 bits per heavy atom. The molecule has 1 aromatic heterocycles. The van der Waals surface area contributed by atoms with Gasteiger partial charge in [-0.05, 0) is 62.0 Å². The van der Waals surface area contributed by atoms with E-state index >= 15 is 0 Å². The largest absolute Gasteiger partial charge is 0.316 e. The molecule has 2 aromatic rings. The summed E-state index contributed by atoms with van der Waals surface area (Å²) in [5.41, 5.74) is 2.49. The number of aryl methyl sites for hydroxylation is 1. The Balaban J connectivity index is 1.98. The standard InChI is InChI=1S/C17H24ClN3/c1-3-9-19-13-15(12-17-8-10-21(2)20-17)11-14-4-6-16(18)7-5-14/h4-8,10,15,19H,3,9,11-13H2,1-2H3. The Hall–Kier alpha value is -1.32. The van der Waals surface area contributed by atoms with E-state index in [1.165, 1.54) is 5.56 Å². The van der Waals surface area contributed by atoms with Gasteiger partial charge in [0.1, 0.15) is 0 Å². The minimum atomic E-state index is 0.549. The Bertz CT molecular complexity index is 533. The summed E-state index contributed by atoms with van der Waals surface area (Å²) >= 11 is 5.96. The second-order valence-corrected chi connectivity index (χ2v) is 6.02. The summed E-state index contributed by atoms with van der Waals surface area (Å²) in [5.74, 6) is 0.549. The van der Waals surface area contributed by atoms with Crippen LogP contribution in [0.5, 0.6) is 0 Å². The maximum atomic E-state index is 5.96. The monoisotopic (exact) mass is 305 g/mol. The summed E-state index contributed by atoms with van der Waals surface area (Å²) in [6.07, 6.45) is 5.22. The van der Waals surface area contributed by atoms with Gasteiger partial charge in [0, 0.05) is 18.3 Å². The third-order valence-electron chi connectivity index (χ3n) is 3.56. The minimum absolute atomic E-state index is 0.549. The quantitative estimate of drug-likeness (QED) is 0.757. The van der Waals surface area contributed by atoms with Gasteiger partial charge in [0.2, 0.25) is 0 Å². The number of aromatic nitrogens is 2. The van der Waals surface area contributed by atoms with Crippen LogP contribution in [0.3, 0.4) is 0 Å². The van der Waals surface area contributed by atoms with Crippen molar-refractivity contribution in [1.82, 2.24) is 15.1 Å². The van der Waals surface area contributed by atoms with Crippen LogP contribution in [0.25, 0.3) is 0 Å². The summed E-state index contributed by atoms with van der Waals surface area (Å²) in [6.45, 7) is 4.28. The molecular formula is C17H24ClN3. The van der Waals surface area contributed by atoms with Gasteiger partial charge in [0.25, 0.3) is 0 Å². The highest BCUT2D eigenvalue weighted by Crippen LogP contribution is 2.16. The summed E-state index contributed by atoms with van der Waals surface area (Å²) in [7, 11) is 1.97. The molecular weight excluding hydrogens is 282 g/mol. The maximum absolute atomic E-state index is 5.96. The van der Waals surface area contributed by atoms with E-state index in [2.05, 4.69) is 35.5 Å². The fourth-order valence-corrected chi connectivity index (χ4v) is 2.65. The number of benzene rings is 1. The molecule has 0 aliphatic heterocycles. The van der Waals surface area contributed by atoms with Gasteiger partial charge in [-0.15, -0.1) is 0 Å². The molecule has 1 unspecified atom stereocenters. The third-order valence-corrected chi connectivity index (χ3v) is 3.82. The van der Waals surface area contributed by atoms with E-state index in [4.69, 9.17) is 11.6 Å². The summed E-state index contributed by atoms with van der Waals surface area (Å²) in [6, 6.07) is 10.3. The first-order chi connectivity index (χ1) is 10.2. The third kappa shape index (κ3) is 5.52. The number of hydrogen-bond acceptors (Lipinski definition) is 2. The lowest BCUT2D eigenvalue weighted by molar-refractivity contribution is 0.464. The normalized spacial score (nSPS) is 12.5. The van der Waals surface area contributed by atoms with Crippen molar-refractivity contribution >= 4 is 11.6 Å². The van der Waals surface area contributed by atoms with Crippen molar-refractivity contribution in [1.29, 1.82) is 0 Å². The SMILES string of the molecule is CCCNCC(Cc1ccc(Cl)cc1)Cc1ccn(C)n1. The van der Waals surface area contributed by atoms with Crippen LogP contribution >= 0.6 is 11.6 Å². The average Bonchev–Trinajstić information content (AvgIpc) is 2.87. The molecule has 1 heterocycles. The molecule has 0 aliphatic rings. The highest BCUT2D eigenvalue weighted by molar-refractivity contribution is 6.30. The molecule has 2 rings (SSSR count). The number of rotatable bonds is 8. The molecule has 0 aliphatic carbocycles. The Labute approximate surface area is 132 Å². The van der Waals surface area contributed by atoms with E-state index in [0.717, 1.165) is 43.1 Å². The van der Waals surface area contributed by atoms with E-state index < -0.39 is 0 Å². The zero-order chi connectivity index (χ0) is 15.1. The zero-order valence-electron chi connectivity index (χ0n) is 12.8. The molecule has 0 spiro atoms. The van der Waals surface area contributed by atoms with Crippen molar-refractivity contribution in [2.75, 3.05) is 13.1 Å². The molecule has 21 heavy (non-hydrogen) atoms. The number of nitrogens with one attached hydrogen (secondary N) is 1. The highest BCUT2D eigenvalue weighted by atomic mass is 35.5. The van der Waals surface area contributed by atoms with Gasteiger partial charge in [0.15, 0.2) is 0 Å². The number of halogens is 1. The number of nitrogens with zero attached hydrogens (tertiary/aromatic N) is 2. The molecule has 114 valence electrons. The van der Waals surface area contributed by atoms with Crippen molar-refractivity contribution in [3.05, 3.63) is 52.8 Å². The van der Waals surface area contributed by atoms with Crippen LogP contribution < -0.4 is 5.32 Å². The fourth-order valence-electron chi connectivity index (χ4n) is 2.52. The first kappa shape index (κ1) is 16.1. The molecule has 1 N–H and O–H groups in total. The van der Waals surface area contributed by atoms with E-state index in [-0.39, 0.29) is 0 Å². The minimum Gasteiger partial charge on any atom is -0.316 e. The van der Waals surface area contributed by atoms with Crippen molar-refractivity contribution in [2.24, 2.45) is 13.0 Å².